The van der Waals surface area contributed by atoms with Crippen LogP contribution in [0.2, 0.25) is 0 Å². The monoisotopic (exact) mass is 377 g/mol. The molecule has 1 saturated heterocycles. The predicted octanol–water partition coefficient (Wildman–Crippen LogP) is 1.80. The Kier molecular flexibility index (Phi) is 5.04. The van der Waals surface area contributed by atoms with Crippen LogP contribution in [0.5, 0.6) is 5.75 Å². The number of aromatic nitrogens is 2. The van der Waals surface area contributed by atoms with Gasteiger partial charge in [0.15, 0.2) is 9.84 Å². The van der Waals surface area contributed by atoms with Gasteiger partial charge in [0.05, 0.1) is 35.9 Å². The lowest BCUT2D eigenvalue weighted by atomic mass is 10.1. The molecule has 0 spiro atoms. The summed E-state index contributed by atoms with van der Waals surface area (Å²) in [4.78, 5) is 12.6. The van der Waals surface area contributed by atoms with Gasteiger partial charge in [-0.25, -0.2) is 8.42 Å². The van der Waals surface area contributed by atoms with Crippen molar-refractivity contribution in [2.45, 2.75) is 32.9 Å². The third-order valence-corrected chi connectivity index (χ3v) is 6.47. The molecule has 0 saturated carbocycles. The molecule has 26 heavy (non-hydrogen) atoms. The Morgan fingerprint density at radius 3 is 2.58 bits per heavy atom. The number of rotatable bonds is 5. The Morgan fingerprint density at radius 2 is 2.00 bits per heavy atom. The van der Waals surface area contributed by atoms with Gasteiger partial charge in [0.25, 0.3) is 5.91 Å². The maximum Gasteiger partial charge on any atom is 0.255 e. The molecule has 8 heteroatoms. The van der Waals surface area contributed by atoms with E-state index >= 15 is 0 Å². The molecular weight excluding hydrogens is 354 g/mol. The first-order valence-electron chi connectivity index (χ1n) is 8.48. The molecular formula is C18H23N3O4S. The fraction of sp³-hybridized carbons (Fsp3) is 0.444. The average molecular weight is 377 g/mol. The molecule has 1 amide bonds. The first-order valence-corrected chi connectivity index (χ1v) is 10.3. The highest BCUT2D eigenvalue weighted by atomic mass is 32.2. The van der Waals surface area contributed by atoms with Gasteiger partial charge in [-0.2, -0.15) is 5.10 Å². The molecule has 0 bridgehead atoms. The van der Waals surface area contributed by atoms with E-state index in [0.717, 1.165) is 11.3 Å². The molecule has 1 unspecified atom stereocenters. The van der Waals surface area contributed by atoms with Crippen molar-refractivity contribution in [1.82, 2.24) is 15.1 Å². The molecule has 140 valence electrons. The molecule has 1 fully saturated rings. The van der Waals surface area contributed by atoms with Crippen LogP contribution in [-0.4, -0.2) is 42.7 Å². The Labute approximate surface area is 153 Å². The summed E-state index contributed by atoms with van der Waals surface area (Å²) in [5, 5.41) is 7.33. The topological polar surface area (TPSA) is 90.3 Å². The summed E-state index contributed by atoms with van der Waals surface area (Å²) in [5.41, 5.74) is 2.79. The molecule has 3 rings (SSSR count). The number of amides is 1. The van der Waals surface area contributed by atoms with E-state index in [-0.39, 0.29) is 23.5 Å². The van der Waals surface area contributed by atoms with Crippen molar-refractivity contribution in [3.63, 3.8) is 0 Å². The zero-order valence-electron chi connectivity index (χ0n) is 15.2. The highest BCUT2D eigenvalue weighted by Gasteiger charge is 2.32. The van der Waals surface area contributed by atoms with E-state index in [1.165, 1.54) is 0 Å². The Morgan fingerprint density at radius 1 is 1.31 bits per heavy atom. The molecule has 2 heterocycles. The van der Waals surface area contributed by atoms with Crippen LogP contribution in [-0.2, 0) is 16.4 Å². The highest BCUT2D eigenvalue weighted by molar-refractivity contribution is 7.91. The standard InChI is InChI=1S/C18H23N3O4S/c1-12-17(13(2)21(20-12)15-8-9-26(23,24)11-15)18(22)19-10-14-4-6-16(25-3)7-5-14/h4-7,15H,8-11H2,1-3H3,(H,19,22). The minimum atomic E-state index is -3.01. The van der Waals surface area contributed by atoms with Gasteiger partial charge in [-0.05, 0) is 38.0 Å². The van der Waals surface area contributed by atoms with Gasteiger partial charge in [0.1, 0.15) is 5.75 Å². The second-order valence-corrected chi connectivity index (χ2v) is 8.81. The van der Waals surface area contributed by atoms with E-state index in [2.05, 4.69) is 10.4 Å². The third kappa shape index (κ3) is 3.75. The minimum absolute atomic E-state index is 0.0852. The van der Waals surface area contributed by atoms with Crippen molar-refractivity contribution >= 4 is 15.7 Å². The number of benzene rings is 1. The average Bonchev–Trinajstić information content (AvgIpc) is 3.11. The van der Waals surface area contributed by atoms with E-state index in [9.17, 15) is 13.2 Å². The second-order valence-electron chi connectivity index (χ2n) is 6.58. The lowest BCUT2D eigenvalue weighted by Gasteiger charge is -2.11. The zero-order chi connectivity index (χ0) is 18.9. The van der Waals surface area contributed by atoms with E-state index < -0.39 is 9.84 Å². The molecule has 2 aromatic rings. The van der Waals surface area contributed by atoms with Crippen LogP contribution in [0.4, 0.5) is 0 Å². The van der Waals surface area contributed by atoms with Crippen LogP contribution in [0.1, 0.15) is 39.8 Å². The largest absolute Gasteiger partial charge is 0.497 e. The van der Waals surface area contributed by atoms with Gasteiger partial charge in [0, 0.05) is 12.2 Å². The lowest BCUT2D eigenvalue weighted by Crippen LogP contribution is -2.24. The molecule has 1 aromatic heterocycles. The molecule has 7 nitrogen and oxygen atoms in total. The van der Waals surface area contributed by atoms with E-state index in [4.69, 9.17) is 4.74 Å². The number of ether oxygens (including phenoxy) is 1. The number of nitrogens with zero attached hydrogens (tertiary/aromatic N) is 2. The van der Waals surface area contributed by atoms with E-state index in [1.807, 2.05) is 31.2 Å². The summed E-state index contributed by atoms with van der Waals surface area (Å²) in [7, 11) is -1.40. The van der Waals surface area contributed by atoms with Crippen LogP contribution in [0.3, 0.4) is 0 Å². The first-order chi connectivity index (χ1) is 12.3. The van der Waals surface area contributed by atoms with Gasteiger partial charge < -0.3 is 10.1 Å². The number of nitrogens with one attached hydrogen (secondary N) is 1. The number of carbonyl (C=O) groups is 1. The first kappa shape index (κ1) is 18.4. The summed E-state index contributed by atoms with van der Waals surface area (Å²) in [6.45, 7) is 3.98. The predicted molar refractivity (Wildman–Crippen MR) is 98.2 cm³/mol. The molecule has 1 aromatic carbocycles. The number of sulfone groups is 1. The Hall–Kier alpha value is -2.35. The molecule has 0 aliphatic carbocycles. The zero-order valence-corrected chi connectivity index (χ0v) is 16.0. The van der Waals surface area contributed by atoms with Gasteiger partial charge >= 0.3 is 0 Å². The molecule has 1 N–H and O–H groups in total. The fourth-order valence-corrected chi connectivity index (χ4v) is 5.02. The van der Waals surface area contributed by atoms with Crippen LogP contribution >= 0.6 is 0 Å². The summed E-state index contributed by atoms with van der Waals surface area (Å²) >= 11 is 0. The number of aryl methyl sites for hydroxylation is 1. The molecule has 1 aliphatic heterocycles. The molecule has 0 radical (unpaired) electrons. The van der Waals surface area contributed by atoms with Crippen molar-refractivity contribution in [2.24, 2.45) is 0 Å². The van der Waals surface area contributed by atoms with Crippen molar-refractivity contribution in [3.8, 4) is 5.75 Å². The second kappa shape index (κ2) is 7.11. The van der Waals surface area contributed by atoms with Crippen LogP contribution in [0.15, 0.2) is 24.3 Å². The number of methoxy groups -OCH3 is 1. The van der Waals surface area contributed by atoms with Crippen LogP contribution in [0, 0.1) is 13.8 Å². The van der Waals surface area contributed by atoms with Gasteiger partial charge in [0.2, 0.25) is 0 Å². The summed E-state index contributed by atoms with van der Waals surface area (Å²) < 4.78 is 30.3. The van der Waals surface area contributed by atoms with Crippen molar-refractivity contribution in [3.05, 3.63) is 46.8 Å². The summed E-state index contributed by atoms with van der Waals surface area (Å²) in [6.07, 6.45) is 0.539. The molecule has 1 atom stereocenters. The van der Waals surface area contributed by atoms with Crippen molar-refractivity contribution in [2.75, 3.05) is 18.6 Å². The highest BCUT2D eigenvalue weighted by Crippen LogP contribution is 2.26. The van der Waals surface area contributed by atoms with Crippen LogP contribution < -0.4 is 10.1 Å². The smallest absolute Gasteiger partial charge is 0.255 e. The minimum Gasteiger partial charge on any atom is -0.497 e. The van der Waals surface area contributed by atoms with E-state index in [1.54, 1.807) is 18.7 Å². The lowest BCUT2D eigenvalue weighted by molar-refractivity contribution is 0.0949. The van der Waals surface area contributed by atoms with Crippen LogP contribution in [0.25, 0.3) is 0 Å². The van der Waals surface area contributed by atoms with Gasteiger partial charge in [-0.1, -0.05) is 12.1 Å². The van der Waals surface area contributed by atoms with Crippen molar-refractivity contribution < 1.29 is 17.9 Å². The normalized spacial score (nSPS) is 18.7. The Balaban J connectivity index is 1.73. The third-order valence-electron chi connectivity index (χ3n) is 4.72. The van der Waals surface area contributed by atoms with E-state index in [0.29, 0.717) is 29.9 Å². The fourth-order valence-electron chi connectivity index (χ4n) is 3.33. The number of carbonyl (C=O) groups excluding carboxylic acids is 1. The SMILES string of the molecule is COc1ccc(CNC(=O)c2c(C)nn(C3CCS(=O)(=O)C3)c2C)cc1. The summed E-state index contributed by atoms with van der Waals surface area (Å²) in [5.74, 6) is 0.819. The molecule has 1 aliphatic rings. The number of hydrogen-bond donors (Lipinski definition) is 1. The quantitative estimate of drug-likeness (QED) is 0.858. The summed E-state index contributed by atoms with van der Waals surface area (Å²) in [6, 6.07) is 7.28. The van der Waals surface area contributed by atoms with Gasteiger partial charge in [-0.15, -0.1) is 0 Å². The van der Waals surface area contributed by atoms with Crippen molar-refractivity contribution in [1.29, 1.82) is 0 Å². The van der Waals surface area contributed by atoms with Gasteiger partial charge in [-0.3, -0.25) is 9.48 Å². The Bertz CT molecular complexity index is 917. The maximum absolute atomic E-state index is 12.6. The number of hydrogen-bond acceptors (Lipinski definition) is 5. The maximum atomic E-state index is 12.6.